The van der Waals surface area contributed by atoms with Crippen LogP contribution in [0.2, 0.25) is 0 Å². The van der Waals surface area contributed by atoms with Crippen molar-refractivity contribution in [1.82, 2.24) is 9.88 Å². The van der Waals surface area contributed by atoms with Gasteiger partial charge in [-0.05, 0) is 18.6 Å². The van der Waals surface area contributed by atoms with Crippen molar-refractivity contribution in [3.63, 3.8) is 0 Å². The summed E-state index contributed by atoms with van der Waals surface area (Å²) in [5.41, 5.74) is 6.02. The summed E-state index contributed by atoms with van der Waals surface area (Å²) in [5, 5.41) is 2.64. The highest BCUT2D eigenvalue weighted by Gasteiger charge is 2.23. The number of hydrogen-bond donors (Lipinski definition) is 2. The Labute approximate surface area is 98.8 Å². The number of carbonyl (C=O) groups excluding carboxylic acids is 1. The lowest BCUT2D eigenvalue weighted by atomic mass is 10.3. The first kappa shape index (κ1) is 11.8. The maximum absolute atomic E-state index is 12.9. The molecule has 0 unspecified atom stereocenters. The second kappa shape index (κ2) is 5.09. The van der Waals surface area contributed by atoms with Crippen LogP contribution in [0.3, 0.4) is 0 Å². The van der Waals surface area contributed by atoms with Gasteiger partial charge in [-0.15, -0.1) is 0 Å². The number of nitrogens with one attached hydrogen (secondary N) is 1. The minimum Gasteiger partial charge on any atom is -0.397 e. The van der Waals surface area contributed by atoms with Gasteiger partial charge in [-0.2, -0.15) is 0 Å². The molecule has 0 aromatic carbocycles. The number of alkyl halides is 1. The van der Waals surface area contributed by atoms with E-state index in [-0.39, 0.29) is 12.5 Å². The van der Waals surface area contributed by atoms with E-state index in [9.17, 15) is 9.18 Å². The van der Waals surface area contributed by atoms with Crippen LogP contribution >= 0.6 is 0 Å². The standard InChI is InChI=1S/C11H15FN4O/c12-8-3-4-16(6-8)7-11(17)15-10-2-1-9(13)5-14-10/h1-2,5,8H,3-4,6-7,13H2,(H,14,15,17)/t8-/m0/s1. The summed E-state index contributed by atoms with van der Waals surface area (Å²) < 4.78 is 12.9. The first-order valence-electron chi connectivity index (χ1n) is 5.51. The molecule has 1 aromatic rings. The van der Waals surface area contributed by atoms with Crippen molar-refractivity contribution in [2.24, 2.45) is 0 Å². The van der Waals surface area contributed by atoms with E-state index in [1.54, 1.807) is 17.0 Å². The Bertz CT molecular complexity index is 395. The van der Waals surface area contributed by atoms with Crippen LogP contribution in [0.4, 0.5) is 15.9 Å². The van der Waals surface area contributed by atoms with Crippen LogP contribution in [-0.4, -0.2) is 41.6 Å². The van der Waals surface area contributed by atoms with Gasteiger partial charge in [-0.3, -0.25) is 9.69 Å². The predicted octanol–water partition coefficient (Wildman–Crippen LogP) is 0.646. The third-order valence-corrected chi connectivity index (χ3v) is 2.64. The van der Waals surface area contributed by atoms with E-state index in [4.69, 9.17) is 5.73 Å². The van der Waals surface area contributed by atoms with Crippen LogP contribution < -0.4 is 11.1 Å². The van der Waals surface area contributed by atoms with Gasteiger partial charge in [-0.25, -0.2) is 9.37 Å². The van der Waals surface area contributed by atoms with Crippen LogP contribution in [0.15, 0.2) is 18.3 Å². The van der Waals surface area contributed by atoms with Gasteiger partial charge in [0.2, 0.25) is 5.91 Å². The van der Waals surface area contributed by atoms with Crippen molar-refractivity contribution in [1.29, 1.82) is 0 Å². The van der Waals surface area contributed by atoms with Gasteiger partial charge in [-0.1, -0.05) is 0 Å². The van der Waals surface area contributed by atoms with E-state index >= 15 is 0 Å². The van der Waals surface area contributed by atoms with Crippen molar-refractivity contribution in [2.75, 3.05) is 30.7 Å². The fourth-order valence-corrected chi connectivity index (χ4v) is 1.79. The molecule has 2 heterocycles. The normalized spacial score (nSPS) is 20.4. The van der Waals surface area contributed by atoms with Crippen LogP contribution in [-0.2, 0) is 4.79 Å². The lowest BCUT2D eigenvalue weighted by Gasteiger charge is -2.13. The maximum Gasteiger partial charge on any atom is 0.239 e. The van der Waals surface area contributed by atoms with Crippen molar-refractivity contribution < 1.29 is 9.18 Å². The highest BCUT2D eigenvalue weighted by atomic mass is 19.1. The molecule has 17 heavy (non-hydrogen) atoms. The van der Waals surface area contributed by atoms with E-state index < -0.39 is 6.17 Å². The van der Waals surface area contributed by atoms with E-state index in [1.165, 1.54) is 6.20 Å². The lowest BCUT2D eigenvalue weighted by molar-refractivity contribution is -0.117. The Morgan fingerprint density at radius 2 is 2.47 bits per heavy atom. The number of nitrogen functional groups attached to an aromatic ring is 1. The molecule has 6 heteroatoms. The summed E-state index contributed by atoms with van der Waals surface area (Å²) in [4.78, 5) is 17.4. The Morgan fingerprint density at radius 3 is 3.06 bits per heavy atom. The lowest BCUT2D eigenvalue weighted by Crippen LogP contribution is -2.32. The molecule has 1 aliphatic rings. The fourth-order valence-electron chi connectivity index (χ4n) is 1.79. The molecule has 92 valence electrons. The summed E-state index contributed by atoms with van der Waals surface area (Å²) in [6, 6.07) is 3.30. The Balaban J connectivity index is 1.83. The number of nitrogens with zero attached hydrogens (tertiary/aromatic N) is 2. The monoisotopic (exact) mass is 238 g/mol. The molecule has 1 fully saturated rings. The number of amides is 1. The van der Waals surface area contributed by atoms with Crippen LogP contribution in [0.1, 0.15) is 6.42 Å². The zero-order valence-corrected chi connectivity index (χ0v) is 9.40. The number of hydrogen-bond acceptors (Lipinski definition) is 4. The van der Waals surface area contributed by atoms with Gasteiger partial charge in [0.15, 0.2) is 0 Å². The Kier molecular flexibility index (Phi) is 3.53. The molecule has 1 atom stereocenters. The zero-order valence-electron chi connectivity index (χ0n) is 9.40. The van der Waals surface area contributed by atoms with E-state index in [1.807, 2.05) is 0 Å². The highest BCUT2D eigenvalue weighted by molar-refractivity contribution is 5.91. The predicted molar refractivity (Wildman–Crippen MR) is 63.2 cm³/mol. The van der Waals surface area contributed by atoms with E-state index in [2.05, 4.69) is 10.3 Å². The van der Waals surface area contributed by atoms with Crippen molar-refractivity contribution in [3.8, 4) is 0 Å². The molecule has 1 saturated heterocycles. The van der Waals surface area contributed by atoms with Crippen molar-refractivity contribution in [3.05, 3.63) is 18.3 Å². The summed E-state index contributed by atoms with van der Waals surface area (Å²) in [6.45, 7) is 1.17. The summed E-state index contributed by atoms with van der Waals surface area (Å²) in [5.74, 6) is 0.275. The minimum absolute atomic E-state index is 0.184. The molecular weight excluding hydrogens is 223 g/mol. The second-order valence-corrected chi connectivity index (χ2v) is 4.15. The summed E-state index contributed by atoms with van der Waals surface area (Å²) >= 11 is 0. The number of nitrogens with two attached hydrogens (primary N) is 1. The molecule has 1 aromatic heterocycles. The minimum atomic E-state index is -0.808. The first-order chi connectivity index (χ1) is 8.13. The average molecular weight is 238 g/mol. The number of carbonyl (C=O) groups is 1. The van der Waals surface area contributed by atoms with Crippen molar-refractivity contribution in [2.45, 2.75) is 12.6 Å². The van der Waals surface area contributed by atoms with E-state index in [0.29, 0.717) is 31.0 Å². The Hall–Kier alpha value is -1.69. The van der Waals surface area contributed by atoms with Crippen LogP contribution in [0, 0.1) is 0 Å². The molecule has 0 saturated carbocycles. The fraction of sp³-hybridized carbons (Fsp3) is 0.455. The summed E-state index contributed by atoms with van der Waals surface area (Å²) in [7, 11) is 0. The van der Waals surface area contributed by atoms with E-state index in [0.717, 1.165) is 0 Å². The topological polar surface area (TPSA) is 71.2 Å². The SMILES string of the molecule is Nc1ccc(NC(=O)CN2CC[C@H](F)C2)nc1. The van der Waals surface area contributed by atoms with Crippen LogP contribution in [0.5, 0.6) is 0 Å². The molecular formula is C11H15FN4O. The number of likely N-dealkylation sites (tertiary alicyclic amines) is 1. The number of aromatic nitrogens is 1. The summed E-state index contributed by atoms with van der Waals surface area (Å²) in [6.07, 6.45) is 1.17. The number of rotatable bonds is 3. The highest BCUT2D eigenvalue weighted by Crippen LogP contribution is 2.12. The van der Waals surface area contributed by atoms with Gasteiger partial charge in [0.25, 0.3) is 0 Å². The van der Waals surface area contributed by atoms with Gasteiger partial charge < -0.3 is 11.1 Å². The van der Waals surface area contributed by atoms with Crippen LogP contribution in [0.25, 0.3) is 0 Å². The molecule has 1 amide bonds. The smallest absolute Gasteiger partial charge is 0.239 e. The van der Waals surface area contributed by atoms with Gasteiger partial charge >= 0.3 is 0 Å². The molecule has 5 nitrogen and oxygen atoms in total. The molecule has 0 radical (unpaired) electrons. The first-order valence-corrected chi connectivity index (χ1v) is 5.51. The quantitative estimate of drug-likeness (QED) is 0.811. The molecule has 0 spiro atoms. The average Bonchev–Trinajstić information content (AvgIpc) is 2.67. The molecule has 0 aliphatic carbocycles. The number of anilines is 2. The Morgan fingerprint density at radius 1 is 1.65 bits per heavy atom. The van der Waals surface area contributed by atoms with Gasteiger partial charge in [0.1, 0.15) is 12.0 Å². The third-order valence-electron chi connectivity index (χ3n) is 2.64. The molecule has 3 N–H and O–H groups in total. The number of halogens is 1. The molecule has 0 bridgehead atoms. The zero-order chi connectivity index (χ0) is 12.3. The largest absolute Gasteiger partial charge is 0.397 e. The third kappa shape index (κ3) is 3.39. The maximum atomic E-state index is 12.9. The van der Waals surface area contributed by atoms with Crippen molar-refractivity contribution >= 4 is 17.4 Å². The van der Waals surface area contributed by atoms with Gasteiger partial charge in [0, 0.05) is 13.1 Å². The molecule has 2 rings (SSSR count). The van der Waals surface area contributed by atoms with Gasteiger partial charge in [0.05, 0.1) is 18.4 Å². The molecule has 1 aliphatic heterocycles. The second-order valence-electron chi connectivity index (χ2n) is 4.15. The number of pyridine rings is 1.